The highest BCUT2D eigenvalue weighted by Crippen LogP contribution is 2.26. The van der Waals surface area contributed by atoms with Crippen LogP contribution >= 0.6 is 11.6 Å². The molecule has 0 saturated carbocycles. The van der Waals surface area contributed by atoms with E-state index >= 15 is 0 Å². The highest BCUT2D eigenvalue weighted by Gasteiger charge is 2.23. The van der Waals surface area contributed by atoms with Gasteiger partial charge in [0.15, 0.2) is 0 Å². The van der Waals surface area contributed by atoms with Crippen LogP contribution in [-0.4, -0.2) is 59.2 Å². The van der Waals surface area contributed by atoms with Gasteiger partial charge in [0.05, 0.1) is 30.5 Å². The average molecular weight is 376 g/mol. The molecule has 0 atom stereocenters. The topological polar surface area (TPSA) is 74.3 Å². The van der Waals surface area contributed by atoms with E-state index in [2.05, 4.69) is 19.8 Å². The van der Waals surface area contributed by atoms with Gasteiger partial charge in [-0.15, -0.1) is 0 Å². The Labute approximate surface area is 157 Å². The lowest BCUT2D eigenvalue weighted by Crippen LogP contribution is -2.39. The van der Waals surface area contributed by atoms with Crippen LogP contribution in [0.3, 0.4) is 0 Å². The Morgan fingerprint density at radius 1 is 1.27 bits per heavy atom. The summed E-state index contributed by atoms with van der Waals surface area (Å²) in [6.07, 6.45) is 3.11. The van der Waals surface area contributed by atoms with Gasteiger partial charge in [-0.2, -0.15) is 0 Å². The fourth-order valence-electron chi connectivity index (χ4n) is 3.49. The summed E-state index contributed by atoms with van der Waals surface area (Å²) >= 11 is 6.27. The third-order valence-corrected chi connectivity index (χ3v) is 5.22. The molecule has 1 N–H and O–H groups in total. The molecular formula is C18H22ClN5O2. The van der Waals surface area contributed by atoms with Gasteiger partial charge in [-0.25, -0.2) is 9.97 Å². The van der Waals surface area contributed by atoms with E-state index in [0.29, 0.717) is 24.5 Å². The van der Waals surface area contributed by atoms with E-state index < -0.39 is 0 Å². The van der Waals surface area contributed by atoms with Crippen molar-refractivity contribution < 1.29 is 4.74 Å². The number of hydrogen-bond acceptors (Lipinski definition) is 6. The molecule has 26 heavy (non-hydrogen) atoms. The molecule has 0 radical (unpaired) electrons. The molecule has 8 heteroatoms. The van der Waals surface area contributed by atoms with Gasteiger partial charge in [-0.3, -0.25) is 9.69 Å². The molecule has 0 aromatic carbocycles. The number of fused-ring (bicyclic) bond motifs is 1. The number of aromatic amines is 1. The summed E-state index contributed by atoms with van der Waals surface area (Å²) in [5.74, 6) is 1.49. The second kappa shape index (κ2) is 7.73. The minimum atomic E-state index is -0.0151. The Hall–Kier alpha value is -1.96. The van der Waals surface area contributed by atoms with Crippen LogP contribution in [0.4, 0.5) is 5.82 Å². The molecule has 0 aliphatic carbocycles. The van der Waals surface area contributed by atoms with Crippen LogP contribution in [0.5, 0.6) is 0 Å². The maximum Gasteiger partial charge on any atom is 0.254 e. The van der Waals surface area contributed by atoms with Crippen molar-refractivity contribution in [1.29, 1.82) is 0 Å². The van der Waals surface area contributed by atoms with Gasteiger partial charge in [0.25, 0.3) is 5.56 Å². The van der Waals surface area contributed by atoms with E-state index in [9.17, 15) is 4.79 Å². The summed E-state index contributed by atoms with van der Waals surface area (Å²) in [6, 6.07) is 3.65. The number of morpholine rings is 1. The summed E-state index contributed by atoms with van der Waals surface area (Å²) in [7, 11) is 0. The molecule has 4 heterocycles. The van der Waals surface area contributed by atoms with Crippen molar-refractivity contribution in [2.45, 2.75) is 19.4 Å². The first-order valence-electron chi connectivity index (χ1n) is 8.97. The fraction of sp³-hybridized carbons (Fsp3) is 0.500. The van der Waals surface area contributed by atoms with Crippen molar-refractivity contribution in [2.24, 2.45) is 0 Å². The quantitative estimate of drug-likeness (QED) is 0.867. The summed E-state index contributed by atoms with van der Waals surface area (Å²) in [5, 5.41) is 0.619. The molecular weight excluding hydrogens is 354 g/mol. The van der Waals surface area contributed by atoms with Crippen molar-refractivity contribution in [3.63, 3.8) is 0 Å². The van der Waals surface area contributed by atoms with Crippen LogP contribution in [0.15, 0.2) is 23.1 Å². The van der Waals surface area contributed by atoms with Gasteiger partial charge < -0.3 is 14.6 Å². The zero-order chi connectivity index (χ0) is 17.9. The Bertz CT molecular complexity index is 835. The molecule has 0 spiro atoms. The number of pyridine rings is 1. The molecule has 4 rings (SSSR count). The maximum absolute atomic E-state index is 12.5. The van der Waals surface area contributed by atoms with Crippen LogP contribution in [0.2, 0.25) is 5.02 Å². The lowest BCUT2D eigenvalue weighted by atomic mass is 10.1. The number of hydrogen-bond donors (Lipinski definition) is 1. The maximum atomic E-state index is 12.5. The molecule has 2 aromatic heterocycles. The second-order valence-electron chi connectivity index (χ2n) is 6.62. The van der Waals surface area contributed by atoms with Crippen molar-refractivity contribution in [1.82, 2.24) is 19.9 Å². The average Bonchev–Trinajstić information content (AvgIpc) is 2.67. The Morgan fingerprint density at radius 2 is 2.12 bits per heavy atom. The summed E-state index contributed by atoms with van der Waals surface area (Å²) < 4.78 is 5.37. The van der Waals surface area contributed by atoms with Crippen molar-refractivity contribution in [2.75, 3.05) is 44.3 Å². The predicted octanol–water partition coefficient (Wildman–Crippen LogP) is 1.26. The molecule has 0 amide bonds. The Morgan fingerprint density at radius 3 is 2.92 bits per heavy atom. The van der Waals surface area contributed by atoms with Gasteiger partial charge >= 0.3 is 0 Å². The van der Waals surface area contributed by atoms with Gasteiger partial charge in [-0.1, -0.05) is 11.6 Å². The minimum Gasteiger partial charge on any atom is -0.379 e. The smallest absolute Gasteiger partial charge is 0.254 e. The normalized spacial score (nSPS) is 18.0. The van der Waals surface area contributed by atoms with Crippen LogP contribution in [0, 0.1) is 0 Å². The van der Waals surface area contributed by atoms with E-state index in [0.717, 1.165) is 62.2 Å². The van der Waals surface area contributed by atoms with Crippen LogP contribution in [0.25, 0.3) is 0 Å². The van der Waals surface area contributed by atoms with Crippen molar-refractivity contribution in [3.05, 3.63) is 50.8 Å². The number of halogens is 1. The van der Waals surface area contributed by atoms with Crippen LogP contribution < -0.4 is 10.5 Å². The highest BCUT2D eigenvalue weighted by atomic mass is 35.5. The molecule has 1 saturated heterocycles. The molecule has 1 fully saturated rings. The number of ether oxygens (including phenoxy) is 1. The van der Waals surface area contributed by atoms with Gasteiger partial charge in [-0.05, 0) is 18.6 Å². The predicted molar refractivity (Wildman–Crippen MR) is 99.8 cm³/mol. The van der Waals surface area contributed by atoms with Crippen molar-refractivity contribution >= 4 is 17.4 Å². The molecule has 0 bridgehead atoms. The molecule has 2 aromatic rings. The fourth-order valence-corrected chi connectivity index (χ4v) is 3.73. The summed E-state index contributed by atoms with van der Waals surface area (Å²) in [6.45, 7) is 5.55. The minimum absolute atomic E-state index is 0.0151. The first-order valence-corrected chi connectivity index (χ1v) is 9.35. The van der Waals surface area contributed by atoms with E-state index in [1.165, 1.54) is 0 Å². The summed E-state index contributed by atoms with van der Waals surface area (Å²) in [5.41, 5.74) is 1.60. The highest BCUT2D eigenvalue weighted by molar-refractivity contribution is 6.32. The van der Waals surface area contributed by atoms with Crippen LogP contribution in [-0.2, 0) is 24.1 Å². The third-order valence-electron chi connectivity index (χ3n) is 4.93. The molecule has 0 unspecified atom stereocenters. The van der Waals surface area contributed by atoms with E-state index in [-0.39, 0.29) is 5.56 Å². The van der Waals surface area contributed by atoms with E-state index in [4.69, 9.17) is 21.3 Å². The third kappa shape index (κ3) is 3.75. The van der Waals surface area contributed by atoms with E-state index in [1.807, 2.05) is 12.1 Å². The van der Waals surface area contributed by atoms with Gasteiger partial charge in [0, 0.05) is 44.4 Å². The first-order chi connectivity index (χ1) is 12.7. The number of rotatable bonds is 4. The number of H-pyrrole nitrogens is 1. The Balaban J connectivity index is 1.51. The largest absolute Gasteiger partial charge is 0.379 e. The molecule has 2 aliphatic heterocycles. The Kier molecular flexibility index (Phi) is 5.19. The van der Waals surface area contributed by atoms with Gasteiger partial charge in [0.1, 0.15) is 11.6 Å². The standard InChI is InChI=1S/C18H22ClN5O2/c19-14-2-1-5-20-17(14)24-7-3-13-15(12-24)21-16(22-18(13)25)4-6-23-8-10-26-11-9-23/h1-2,5H,3-4,6-12H2,(H,21,22,25). The zero-order valence-corrected chi connectivity index (χ0v) is 15.3. The zero-order valence-electron chi connectivity index (χ0n) is 14.6. The number of anilines is 1. The van der Waals surface area contributed by atoms with E-state index in [1.54, 1.807) is 6.20 Å². The molecule has 2 aliphatic rings. The van der Waals surface area contributed by atoms with Crippen molar-refractivity contribution in [3.8, 4) is 0 Å². The lowest BCUT2D eigenvalue weighted by Gasteiger charge is -2.29. The second-order valence-corrected chi connectivity index (χ2v) is 7.03. The SMILES string of the molecule is O=c1[nH]c(CCN2CCOCC2)nc2c1CCN(c1ncccc1Cl)C2. The van der Waals surface area contributed by atoms with Crippen LogP contribution in [0.1, 0.15) is 17.1 Å². The monoisotopic (exact) mass is 375 g/mol. The van der Waals surface area contributed by atoms with Gasteiger partial charge in [0.2, 0.25) is 0 Å². The molecule has 7 nitrogen and oxygen atoms in total. The molecule has 138 valence electrons. The number of nitrogens with zero attached hydrogens (tertiary/aromatic N) is 4. The number of aromatic nitrogens is 3. The lowest BCUT2D eigenvalue weighted by molar-refractivity contribution is 0.0382. The number of nitrogens with one attached hydrogen (secondary N) is 1. The summed E-state index contributed by atoms with van der Waals surface area (Å²) in [4.78, 5) is 29.0. The first kappa shape index (κ1) is 17.5.